The molecule has 0 spiro atoms. The molecule has 140 valence electrons. The van der Waals surface area contributed by atoms with E-state index >= 15 is 0 Å². The summed E-state index contributed by atoms with van der Waals surface area (Å²) in [6, 6.07) is 5.64. The van der Waals surface area contributed by atoms with E-state index in [9.17, 15) is 14.0 Å². The van der Waals surface area contributed by atoms with Crippen molar-refractivity contribution in [3.8, 4) is 0 Å². The number of amides is 2. The summed E-state index contributed by atoms with van der Waals surface area (Å²) in [5.41, 5.74) is 1.31. The molecule has 1 heterocycles. The third kappa shape index (κ3) is 7.53. The highest BCUT2D eigenvalue weighted by Gasteiger charge is 2.17. The summed E-state index contributed by atoms with van der Waals surface area (Å²) in [6.45, 7) is 6.02. The number of hydrogen-bond donors (Lipinski definition) is 2. The number of nitrogens with one attached hydrogen (secondary N) is 2. The number of thioether (sulfide) groups is 1. The van der Waals surface area contributed by atoms with E-state index in [1.165, 1.54) is 47.4 Å². The van der Waals surface area contributed by atoms with Crippen LogP contribution in [0.2, 0.25) is 0 Å². The van der Waals surface area contributed by atoms with Crippen molar-refractivity contribution in [2.24, 2.45) is 5.41 Å². The standard InChI is InChI=1S/C18H22FN3O2S2/c1-18(2,3)8-15(23)22-17-21-14(10-26-17)9-25-11-16(24)20-13-6-4-12(19)5-7-13/h4-7,10H,8-9,11H2,1-3H3,(H,20,24)(H,21,22,23). The fourth-order valence-electron chi connectivity index (χ4n) is 2.05. The Morgan fingerprint density at radius 3 is 2.50 bits per heavy atom. The second kappa shape index (κ2) is 9.14. The van der Waals surface area contributed by atoms with Crippen molar-refractivity contribution < 1.29 is 14.0 Å². The van der Waals surface area contributed by atoms with Gasteiger partial charge < -0.3 is 10.6 Å². The molecule has 0 bridgehead atoms. The molecule has 0 aliphatic rings. The van der Waals surface area contributed by atoms with Crippen LogP contribution in [-0.2, 0) is 15.3 Å². The number of benzene rings is 1. The minimum absolute atomic E-state index is 0.0512. The molecule has 0 atom stereocenters. The number of aromatic nitrogens is 1. The fraction of sp³-hybridized carbons (Fsp3) is 0.389. The van der Waals surface area contributed by atoms with Gasteiger partial charge in [0.1, 0.15) is 5.82 Å². The zero-order chi connectivity index (χ0) is 19.2. The third-order valence-corrected chi connectivity index (χ3v) is 4.87. The molecule has 0 unspecified atom stereocenters. The highest BCUT2D eigenvalue weighted by molar-refractivity contribution is 7.99. The van der Waals surface area contributed by atoms with Crippen molar-refractivity contribution in [1.82, 2.24) is 4.98 Å². The van der Waals surface area contributed by atoms with Crippen LogP contribution in [0.4, 0.5) is 15.2 Å². The van der Waals surface area contributed by atoms with Gasteiger partial charge in [-0.2, -0.15) is 0 Å². The van der Waals surface area contributed by atoms with Crippen LogP contribution in [0.3, 0.4) is 0 Å². The molecule has 2 amide bonds. The SMILES string of the molecule is CC(C)(C)CC(=O)Nc1nc(CSCC(=O)Nc2ccc(F)cc2)cs1. The van der Waals surface area contributed by atoms with Gasteiger partial charge in [-0.3, -0.25) is 9.59 Å². The van der Waals surface area contributed by atoms with E-state index in [1.54, 1.807) is 0 Å². The minimum Gasteiger partial charge on any atom is -0.325 e. The van der Waals surface area contributed by atoms with E-state index < -0.39 is 0 Å². The summed E-state index contributed by atoms with van der Waals surface area (Å²) in [5.74, 6) is 0.287. The van der Waals surface area contributed by atoms with E-state index in [4.69, 9.17) is 0 Å². The van der Waals surface area contributed by atoms with Crippen LogP contribution in [0.1, 0.15) is 32.9 Å². The maximum absolute atomic E-state index is 12.8. The second-order valence-electron chi connectivity index (χ2n) is 6.98. The smallest absolute Gasteiger partial charge is 0.234 e. The molecule has 0 fully saturated rings. The maximum Gasteiger partial charge on any atom is 0.234 e. The number of anilines is 2. The summed E-state index contributed by atoms with van der Waals surface area (Å²) >= 11 is 2.80. The molecule has 0 aliphatic carbocycles. The van der Waals surface area contributed by atoms with Crippen molar-refractivity contribution in [3.63, 3.8) is 0 Å². The molecule has 0 radical (unpaired) electrons. The first-order chi connectivity index (χ1) is 12.2. The highest BCUT2D eigenvalue weighted by atomic mass is 32.2. The van der Waals surface area contributed by atoms with Gasteiger partial charge in [-0.15, -0.1) is 23.1 Å². The van der Waals surface area contributed by atoms with Crippen LogP contribution in [-0.4, -0.2) is 22.6 Å². The lowest BCUT2D eigenvalue weighted by molar-refractivity contribution is -0.118. The molecule has 26 heavy (non-hydrogen) atoms. The lowest BCUT2D eigenvalue weighted by Crippen LogP contribution is -2.19. The number of carbonyl (C=O) groups is 2. The van der Waals surface area contributed by atoms with Crippen molar-refractivity contribution in [1.29, 1.82) is 0 Å². The number of carbonyl (C=O) groups excluding carboxylic acids is 2. The highest BCUT2D eigenvalue weighted by Crippen LogP contribution is 2.23. The van der Waals surface area contributed by atoms with E-state index in [0.717, 1.165) is 5.69 Å². The quantitative estimate of drug-likeness (QED) is 0.723. The summed E-state index contributed by atoms with van der Waals surface area (Å²) in [7, 11) is 0. The zero-order valence-corrected chi connectivity index (χ0v) is 16.6. The molecule has 5 nitrogen and oxygen atoms in total. The maximum atomic E-state index is 12.8. The van der Waals surface area contributed by atoms with Gasteiger partial charge in [0.2, 0.25) is 11.8 Å². The molecule has 1 aromatic heterocycles. The van der Waals surface area contributed by atoms with Crippen molar-refractivity contribution in [3.05, 3.63) is 41.2 Å². The summed E-state index contributed by atoms with van der Waals surface area (Å²) in [5, 5.41) is 7.96. The Bertz CT molecular complexity index is 755. The van der Waals surface area contributed by atoms with Crippen molar-refractivity contribution in [2.45, 2.75) is 32.9 Å². The molecular formula is C18H22FN3O2S2. The number of halogens is 1. The van der Waals surface area contributed by atoms with Crippen LogP contribution >= 0.6 is 23.1 Å². The predicted molar refractivity (Wildman–Crippen MR) is 106 cm³/mol. The average molecular weight is 396 g/mol. The van der Waals surface area contributed by atoms with Crippen molar-refractivity contribution >= 4 is 45.7 Å². The first-order valence-corrected chi connectivity index (χ1v) is 10.1. The van der Waals surface area contributed by atoms with Crippen LogP contribution in [0.25, 0.3) is 0 Å². The summed E-state index contributed by atoms with van der Waals surface area (Å²) < 4.78 is 12.8. The molecule has 0 saturated carbocycles. The molecule has 0 saturated heterocycles. The van der Waals surface area contributed by atoms with Gasteiger partial charge in [0.15, 0.2) is 5.13 Å². The molecular weight excluding hydrogens is 373 g/mol. The van der Waals surface area contributed by atoms with Gasteiger partial charge >= 0.3 is 0 Å². The van der Waals surface area contributed by atoms with Gasteiger partial charge in [-0.05, 0) is 29.7 Å². The third-order valence-electron chi connectivity index (χ3n) is 3.10. The van der Waals surface area contributed by atoms with Crippen LogP contribution in [0.5, 0.6) is 0 Å². The molecule has 2 aromatic rings. The number of rotatable bonds is 7. The van der Waals surface area contributed by atoms with Gasteiger partial charge in [0, 0.05) is 23.2 Å². The monoisotopic (exact) mass is 395 g/mol. The molecule has 2 rings (SSSR count). The largest absolute Gasteiger partial charge is 0.325 e. The van der Waals surface area contributed by atoms with Crippen LogP contribution in [0, 0.1) is 11.2 Å². The van der Waals surface area contributed by atoms with E-state index in [-0.39, 0.29) is 28.8 Å². The number of hydrogen-bond acceptors (Lipinski definition) is 5. The molecule has 0 aliphatic heterocycles. The van der Waals surface area contributed by atoms with Gasteiger partial charge in [-0.25, -0.2) is 9.37 Å². The van der Waals surface area contributed by atoms with Crippen LogP contribution in [0.15, 0.2) is 29.6 Å². The molecule has 8 heteroatoms. The first kappa shape index (κ1) is 20.4. The Morgan fingerprint density at radius 2 is 1.85 bits per heavy atom. The minimum atomic E-state index is -0.341. The Morgan fingerprint density at radius 1 is 1.15 bits per heavy atom. The lowest BCUT2D eigenvalue weighted by Gasteiger charge is -2.16. The normalized spacial score (nSPS) is 11.2. The lowest BCUT2D eigenvalue weighted by atomic mass is 9.92. The van der Waals surface area contributed by atoms with Gasteiger partial charge in [0.25, 0.3) is 0 Å². The topological polar surface area (TPSA) is 71.1 Å². The van der Waals surface area contributed by atoms with Crippen LogP contribution < -0.4 is 10.6 Å². The van der Waals surface area contributed by atoms with E-state index in [1.807, 2.05) is 26.2 Å². The Kier molecular flexibility index (Phi) is 7.16. The number of thiazole rings is 1. The Hall–Kier alpha value is -1.93. The zero-order valence-electron chi connectivity index (χ0n) is 15.0. The second-order valence-corrected chi connectivity index (χ2v) is 8.82. The van der Waals surface area contributed by atoms with E-state index in [0.29, 0.717) is 23.0 Å². The Labute approximate surface area is 160 Å². The van der Waals surface area contributed by atoms with Crippen molar-refractivity contribution in [2.75, 3.05) is 16.4 Å². The Balaban J connectivity index is 1.73. The predicted octanol–water partition coefficient (Wildman–Crippen LogP) is 4.53. The number of nitrogens with zero attached hydrogens (tertiary/aromatic N) is 1. The molecule has 2 N–H and O–H groups in total. The van der Waals surface area contributed by atoms with Gasteiger partial charge in [0.05, 0.1) is 11.4 Å². The molecule has 1 aromatic carbocycles. The average Bonchev–Trinajstić information content (AvgIpc) is 2.95. The summed E-state index contributed by atoms with van der Waals surface area (Å²) in [4.78, 5) is 28.1. The van der Waals surface area contributed by atoms with Gasteiger partial charge in [-0.1, -0.05) is 20.8 Å². The fourth-order valence-corrected chi connectivity index (χ4v) is 3.60. The summed E-state index contributed by atoms with van der Waals surface area (Å²) in [6.07, 6.45) is 0.431. The first-order valence-electron chi connectivity index (χ1n) is 8.09. The van der Waals surface area contributed by atoms with E-state index in [2.05, 4.69) is 15.6 Å².